The van der Waals surface area contributed by atoms with Crippen molar-refractivity contribution in [3.8, 4) is 6.07 Å². The van der Waals surface area contributed by atoms with E-state index in [9.17, 15) is 5.26 Å². The lowest BCUT2D eigenvalue weighted by Gasteiger charge is -2.52. The minimum absolute atomic E-state index is 0.305. The number of rotatable bonds is 1. The highest BCUT2D eigenvalue weighted by atomic mass is 32.1. The van der Waals surface area contributed by atoms with E-state index in [2.05, 4.69) is 40.2 Å². The van der Waals surface area contributed by atoms with Crippen molar-refractivity contribution >= 4 is 27.3 Å². The molecule has 5 heterocycles. The van der Waals surface area contributed by atoms with Gasteiger partial charge in [0.05, 0.1) is 21.7 Å². The zero-order valence-electron chi connectivity index (χ0n) is 13.5. The van der Waals surface area contributed by atoms with Crippen LogP contribution in [0.25, 0.3) is 10.1 Å². The van der Waals surface area contributed by atoms with Crippen molar-refractivity contribution in [2.45, 2.75) is 18.6 Å². The average molecular weight is 338 g/mol. The number of benzene rings is 1. The Balaban J connectivity index is 1.54. The summed E-state index contributed by atoms with van der Waals surface area (Å²) < 4.78 is 1.03. The Hall–Kier alpha value is -2.10. The fraction of sp³-hybridized carbons (Fsp3) is 0.444. The summed E-state index contributed by atoms with van der Waals surface area (Å²) in [7, 11) is 2.10. The van der Waals surface area contributed by atoms with Gasteiger partial charge in [0, 0.05) is 13.0 Å². The quantitative estimate of drug-likeness (QED) is 0.802. The van der Waals surface area contributed by atoms with E-state index in [1.807, 2.05) is 12.1 Å². The number of hydrogen-bond donors (Lipinski definition) is 0. The van der Waals surface area contributed by atoms with Crippen molar-refractivity contribution in [1.29, 1.82) is 5.26 Å². The monoisotopic (exact) mass is 338 g/mol. The molecule has 4 aliphatic heterocycles. The number of amidine groups is 1. The first-order chi connectivity index (χ1) is 11.7. The molecule has 1 atom stereocenters. The van der Waals surface area contributed by atoms with Gasteiger partial charge in [0.15, 0.2) is 5.84 Å². The standard InChI is InChI=1S/C18H18N4OS/c1-21-17(15-9-12-3-2-4-13(10-19)16(12)24-15)20-23-18(21)11-22-7-5-14(18)6-8-22/h2-4,9,14H,5-8,11H2,1H3. The van der Waals surface area contributed by atoms with Gasteiger partial charge < -0.3 is 9.74 Å². The van der Waals surface area contributed by atoms with Gasteiger partial charge in [0.25, 0.3) is 0 Å². The molecule has 24 heavy (non-hydrogen) atoms. The highest BCUT2D eigenvalue weighted by Gasteiger charge is 2.56. The Morgan fingerprint density at radius 1 is 1.38 bits per heavy atom. The molecule has 1 spiro atoms. The van der Waals surface area contributed by atoms with Crippen LogP contribution in [0.4, 0.5) is 0 Å². The van der Waals surface area contributed by atoms with Gasteiger partial charge >= 0.3 is 0 Å². The lowest BCUT2D eigenvalue weighted by Crippen LogP contribution is -2.65. The molecular weight excluding hydrogens is 320 g/mol. The molecular formula is C18H18N4OS. The Morgan fingerprint density at radius 2 is 2.21 bits per heavy atom. The van der Waals surface area contributed by atoms with Crippen molar-refractivity contribution in [3.63, 3.8) is 0 Å². The second-order valence-corrected chi connectivity index (χ2v) is 7.96. The van der Waals surface area contributed by atoms with Crippen LogP contribution in [-0.4, -0.2) is 48.0 Å². The second-order valence-electron chi connectivity index (χ2n) is 6.91. The number of hydrogen-bond acceptors (Lipinski definition) is 6. The third-order valence-electron chi connectivity index (χ3n) is 5.74. The van der Waals surface area contributed by atoms with E-state index in [0.717, 1.165) is 32.9 Å². The summed E-state index contributed by atoms with van der Waals surface area (Å²) in [5, 5.41) is 14.9. The highest BCUT2D eigenvalue weighted by molar-refractivity contribution is 7.21. The second kappa shape index (κ2) is 4.95. The third-order valence-corrected chi connectivity index (χ3v) is 6.92. The highest BCUT2D eigenvalue weighted by Crippen LogP contribution is 2.44. The van der Waals surface area contributed by atoms with Crippen molar-refractivity contribution in [2.75, 3.05) is 26.7 Å². The predicted molar refractivity (Wildman–Crippen MR) is 93.8 cm³/mol. The Labute approximate surface area is 144 Å². The van der Waals surface area contributed by atoms with Crippen molar-refractivity contribution in [2.24, 2.45) is 11.1 Å². The minimum Gasteiger partial charge on any atom is -0.363 e. The molecule has 122 valence electrons. The maximum atomic E-state index is 9.32. The minimum atomic E-state index is -0.305. The van der Waals surface area contributed by atoms with Gasteiger partial charge in [-0.2, -0.15) is 5.26 Å². The molecule has 0 amide bonds. The van der Waals surface area contributed by atoms with E-state index in [4.69, 9.17) is 4.84 Å². The number of oxime groups is 1. The van der Waals surface area contributed by atoms with E-state index in [1.165, 1.54) is 25.9 Å². The van der Waals surface area contributed by atoms with Gasteiger partial charge in [-0.05, 0) is 43.5 Å². The fourth-order valence-corrected chi connectivity index (χ4v) is 5.51. The molecule has 3 saturated heterocycles. The van der Waals surface area contributed by atoms with Gasteiger partial charge in [-0.3, -0.25) is 4.90 Å². The number of nitrogens with zero attached hydrogens (tertiary/aromatic N) is 4. The van der Waals surface area contributed by atoms with Gasteiger partial charge in [-0.25, -0.2) is 0 Å². The summed E-state index contributed by atoms with van der Waals surface area (Å²) in [6.45, 7) is 3.27. The summed E-state index contributed by atoms with van der Waals surface area (Å²) in [6, 6.07) is 10.3. The van der Waals surface area contributed by atoms with E-state index in [-0.39, 0.29) is 5.72 Å². The number of fused-ring (bicyclic) bond motifs is 3. The lowest BCUT2D eigenvalue weighted by molar-refractivity contribution is -0.190. The van der Waals surface area contributed by atoms with Crippen molar-refractivity contribution < 1.29 is 4.84 Å². The first kappa shape index (κ1) is 14.3. The molecule has 0 saturated carbocycles. The summed E-state index contributed by atoms with van der Waals surface area (Å²) in [5.41, 5.74) is 0.420. The maximum Gasteiger partial charge on any atom is 0.226 e. The van der Waals surface area contributed by atoms with Crippen LogP contribution in [0.5, 0.6) is 0 Å². The summed E-state index contributed by atoms with van der Waals surface area (Å²) >= 11 is 1.63. The molecule has 1 aromatic heterocycles. The van der Waals surface area contributed by atoms with E-state index in [0.29, 0.717) is 5.92 Å². The summed E-state index contributed by atoms with van der Waals surface area (Å²) in [6.07, 6.45) is 2.36. The third kappa shape index (κ3) is 1.80. The topological polar surface area (TPSA) is 51.9 Å². The first-order valence-corrected chi connectivity index (χ1v) is 9.18. The van der Waals surface area contributed by atoms with Crippen LogP contribution in [0.3, 0.4) is 0 Å². The largest absolute Gasteiger partial charge is 0.363 e. The number of piperidine rings is 3. The Morgan fingerprint density at radius 3 is 2.92 bits per heavy atom. The molecule has 0 N–H and O–H groups in total. The predicted octanol–water partition coefficient (Wildman–Crippen LogP) is 2.82. The summed E-state index contributed by atoms with van der Waals surface area (Å²) in [4.78, 5) is 11.8. The molecule has 4 aliphatic rings. The van der Waals surface area contributed by atoms with Crippen LogP contribution in [0.2, 0.25) is 0 Å². The number of thiophene rings is 1. The van der Waals surface area contributed by atoms with Gasteiger partial charge in [-0.1, -0.05) is 17.3 Å². The molecule has 6 heteroatoms. The van der Waals surface area contributed by atoms with Gasteiger partial charge in [0.1, 0.15) is 6.07 Å². The molecule has 6 rings (SSSR count). The molecule has 0 aliphatic carbocycles. The number of nitriles is 1. The molecule has 2 bridgehead atoms. The van der Waals surface area contributed by atoms with Crippen molar-refractivity contribution in [1.82, 2.24) is 9.80 Å². The molecule has 1 unspecified atom stereocenters. The zero-order chi connectivity index (χ0) is 16.3. The summed E-state index contributed by atoms with van der Waals surface area (Å²) in [5.74, 6) is 1.44. The van der Waals surface area contributed by atoms with Crippen molar-refractivity contribution in [3.05, 3.63) is 34.7 Å². The SMILES string of the molecule is CN1C(c2cc3cccc(C#N)c3s2)=NOC12CN1CCC2CC1. The first-order valence-electron chi connectivity index (χ1n) is 8.37. The maximum absolute atomic E-state index is 9.32. The Kier molecular flexibility index (Phi) is 2.94. The molecule has 1 aromatic carbocycles. The van der Waals surface area contributed by atoms with Crippen LogP contribution in [0, 0.1) is 17.2 Å². The Bertz CT molecular complexity index is 890. The van der Waals surface area contributed by atoms with Crippen LogP contribution >= 0.6 is 11.3 Å². The van der Waals surface area contributed by atoms with Crippen LogP contribution in [-0.2, 0) is 4.84 Å². The average Bonchev–Trinajstić information content (AvgIpc) is 3.18. The molecule has 0 radical (unpaired) electrons. The smallest absolute Gasteiger partial charge is 0.226 e. The van der Waals surface area contributed by atoms with Gasteiger partial charge in [-0.15, -0.1) is 11.3 Å². The lowest BCUT2D eigenvalue weighted by atomic mass is 9.80. The van der Waals surface area contributed by atoms with E-state index >= 15 is 0 Å². The number of likely N-dealkylation sites (N-methyl/N-ethyl adjacent to an activating group) is 1. The molecule has 2 aromatic rings. The van der Waals surface area contributed by atoms with E-state index < -0.39 is 0 Å². The normalized spacial score (nSPS) is 31.3. The van der Waals surface area contributed by atoms with Gasteiger partial charge in [0.2, 0.25) is 5.72 Å². The fourth-order valence-electron chi connectivity index (χ4n) is 4.37. The van der Waals surface area contributed by atoms with Crippen LogP contribution in [0.15, 0.2) is 29.4 Å². The zero-order valence-corrected chi connectivity index (χ0v) is 14.3. The molecule has 3 fully saturated rings. The van der Waals surface area contributed by atoms with E-state index in [1.54, 1.807) is 11.3 Å². The molecule has 5 nitrogen and oxygen atoms in total. The van der Waals surface area contributed by atoms with Crippen LogP contribution < -0.4 is 0 Å². The van der Waals surface area contributed by atoms with Crippen LogP contribution in [0.1, 0.15) is 23.3 Å².